The summed E-state index contributed by atoms with van der Waals surface area (Å²) in [5.74, 6) is -4.33. The van der Waals surface area contributed by atoms with Crippen molar-refractivity contribution in [1.29, 1.82) is 0 Å². The Morgan fingerprint density at radius 3 is 2.39 bits per heavy atom. The molecule has 5 fully saturated rings. The van der Waals surface area contributed by atoms with E-state index in [1.54, 1.807) is 14.0 Å². The van der Waals surface area contributed by atoms with Gasteiger partial charge in [0.1, 0.15) is 23.5 Å². The third kappa shape index (κ3) is 12.0. The normalized spacial score (nSPS) is 33.3. The van der Waals surface area contributed by atoms with Gasteiger partial charge in [0.25, 0.3) is 11.8 Å². The zero-order chi connectivity index (χ0) is 49.9. The number of nitrogens with zero attached hydrogens (tertiary/aromatic N) is 3. The molecule has 20 heteroatoms. The summed E-state index contributed by atoms with van der Waals surface area (Å²) in [6.07, 6.45) is 4.68. The largest absolute Gasteiger partial charge is 0.459 e. The van der Waals surface area contributed by atoms with Gasteiger partial charge in [-0.05, 0) is 76.0 Å². The number of allylic oxidation sites excluding steroid dienone is 3. The molecule has 1 saturated carbocycles. The summed E-state index contributed by atoms with van der Waals surface area (Å²) in [4.78, 5) is 111. The maximum Gasteiger partial charge on any atom is 0.409 e. The molecule has 6 aliphatic rings. The number of esters is 1. The van der Waals surface area contributed by atoms with Gasteiger partial charge < -0.3 is 33.8 Å². The number of aryl methyl sites for hydroxylation is 1. The van der Waals surface area contributed by atoms with Crippen LogP contribution >= 0.6 is 23.4 Å². The average molecular weight is 1000 g/mol. The summed E-state index contributed by atoms with van der Waals surface area (Å²) in [5.41, 5.74) is 0.415. The molecule has 1 aliphatic carbocycles. The minimum absolute atomic E-state index is 0.00325. The predicted molar refractivity (Wildman–Crippen MR) is 251 cm³/mol. The molecule has 1 unspecified atom stereocenters. The minimum Gasteiger partial charge on any atom is -0.459 e. The Balaban J connectivity index is 0.918. The highest BCUT2D eigenvalue weighted by atomic mass is 35.5. The van der Waals surface area contributed by atoms with E-state index >= 15 is 0 Å². The molecule has 18 nitrogen and oxygen atoms in total. The molecule has 1 aromatic rings. The monoisotopic (exact) mass is 998 g/mol. The number of epoxide rings is 1. The molecule has 6 amide bonds. The lowest BCUT2D eigenvalue weighted by atomic mass is 9.82. The summed E-state index contributed by atoms with van der Waals surface area (Å²) in [6, 6.07) is 3.82. The van der Waals surface area contributed by atoms with E-state index in [1.165, 1.54) is 21.6 Å². The van der Waals surface area contributed by atoms with E-state index in [-0.39, 0.29) is 81.9 Å². The second kappa shape index (κ2) is 21.7. The van der Waals surface area contributed by atoms with Crippen molar-refractivity contribution >= 4 is 76.6 Å². The second-order valence-corrected chi connectivity index (χ2v) is 21.2. The van der Waals surface area contributed by atoms with Crippen molar-refractivity contribution in [3.8, 4) is 0 Å². The Labute approximate surface area is 411 Å². The molecule has 5 heterocycles. The van der Waals surface area contributed by atoms with Crippen LogP contribution in [0.25, 0.3) is 0 Å². The van der Waals surface area contributed by atoms with Gasteiger partial charge in [0.2, 0.25) is 17.7 Å². The quantitative estimate of drug-likeness (QED) is 0.118. The Kier molecular flexibility index (Phi) is 16.3. The highest BCUT2D eigenvalue weighted by Gasteiger charge is 2.64. The molecule has 7 rings (SSSR count). The van der Waals surface area contributed by atoms with Crippen LogP contribution in [0.4, 0.5) is 10.5 Å². The fraction of sp³-hybridized carbons (Fsp3) is 0.633. The molecule has 5 aliphatic heterocycles. The predicted octanol–water partition coefficient (Wildman–Crippen LogP) is 5.27. The van der Waals surface area contributed by atoms with Crippen LogP contribution in [0, 0.1) is 30.6 Å². The van der Waals surface area contributed by atoms with Gasteiger partial charge in [-0.2, -0.15) is 0 Å². The number of halogens is 1. The molecule has 4 bridgehead atoms. The van der Waals surface area contributed by atoms with Crippen LogP contribution in [-0.2, 0) is 63.8 Å². The Morgan fingerprint density at radius 1 is 0.971 bits per heavy atom. The van der Waals surface area contributed by atoms with E-state index in [0.717, 1.165) is 16.7 Å². The zero-order valence-electron chi connectivity index (χ0n) is 40.0. The van der Waals surface area contributed by atoms with Crippen molar-refractivity contribution in [2.75, 3.05) is 37.5 Å². The third-order valence-electron chi connectivity index (χ3n) is 14.4. The van der Waals surface area contributed by atoms with Crippen LogP contribution in [-0.4, -0.2) is 130 Å². The SMILES string of the molecule is C/C1=C\C=C\[C@@H](C)[C@@]2(O)C[C@H](OC(=O)N2)[C@@H](C)[C@@H]2O[C@@]2(C)[C@@H](OC(=O)CCOCCSC2CC(=O)N(CC3CCC(C(=O)ON4C(=O)CCC4=O)CC3)C2=O)CC(=O)N(C)c2cc(cc(C)c2Cl)C1. The van der Waals surface area contributed by atoms with Crippen molar-refractivity contribution in [3.63, 3.8) is 0 Å². The number of likely N-dealkylation sites (tertiary alicyclic amines) is 1. The highest BCUT2D eigenvalue weighted by molar-refractivity contribution is 8.00. The molecule has 1 aromatic carbocycles. The van der Waals surface area contributed by atoms with E-state index in [1.807, 2.05) is 58.1 Å². The summed E-state index contributed by atoms with van der Waals surface area (Å²) < 4.78 is 23.8. The Bertz CT molecular complexity index is 2270. The van der Waals surface area contributed by atoms with Crippen molar-refractivity contribution in [2.24, 2.45) is 23.7 Å². The number of fused-ring (bicyclic) bond motifs is 5. The lowest BCUT2D eigenvalue weighted by molar-refractivity contribution is -0.201. The first-order valence-corrected chi connectivity index (χ1v) is 25.2. The van der Waals surface area contributed by atoms with Gasteiger partial charge in [-0.1, -0.05) is 55.3 Å². The van der Waals surface area contributed by atoms with E-state index in [0.29, 0.717) is 53.6 Å². The molecule has 8 atom stereocenters. The number of thioether (sulfide) groups is 1. The number of carbonyl (C=O) groups is 8. The van der Waals surface area contributed by atoms with Gasteiger partial charge in [0, 0.05) is 56.9 Å². The molecule has 4 saturated heterocycles. The molecule has 0 radical (unpaired) electrons. The Morgan fingerprint density at radius 2 is 1.68 bits per heavy atom. The lowest BCUT2D eigenvalue weighted by Crippen LogP contribution is -2.60. The van der Waals surface area contributed by atoms with Crippen LogP contribution in [0.2, 0.25) is 5.02 Å². The number of anilines is 1. The van der Waals surface area contributed by atoms with Crippen molar-refractivity contribution in [2.45, 2.75) is 140 Å². The summed E-state index contributed by atoms with van der Waals surface area (Å²) >= 11 is 8.09. The number of imide groups is 2. The maximum absolute atomic E-state index is 14.1. The number of benzene rings is 1. The number of amides is 6. The number of hydrogen-bond donors (Lipinski definition) is 2. The van der Waals surface area contributed by atoms with Crippen LogP contribution in [0.3, 0.4) is 0 Å². The van der Waals surface area contributed by atoms with Crippen molar-refractivity contribution < 1.29 is 67.2 Å². The van der Waals surface area contributed by atoms with Gasteiger partial charge in [-0.3, -0.25) is 39.0 Å². The average Bonchev–Trinajstić information content (AvgIpc) is 3.81. The molecular weight excluding hydrogens is 936 g/mol. The first-order valence-electron chi connectivity index (χ1n) is 23.8. The molecule has 69 heavy (non-hydrogen) atoms. The van der Waals surface area contributed by atoms with Crippen LogP contribution in [0.5, 0.6) is 0 Å². The van der Waals surface area contributed by atoms with Crippen LogP contribution in [0.1, 0.15) is 103 Å². The molecule has 0 aromatic heterocycles. The van der Waals surface area contributed by atoms with Crippen molar-refractivity contribution in [3.05, 3.63) is 52.1 Å². The van der Waals surface area contributed by atoms with Gasteiger partial charge in [-0.25, -0.2) is 9.59 Å². The highest BCUT2D eigenvalue weighted by Crippen LogP contribution is 2.49. The number of nitrogens with one attached hydrogen (secondary N) is 1. The number of hydroxylamine groups is 2. The van der Waals surface area contributed by atoms with Gasteiger partial charge in [0.15, 0.2) is 0 Å². The van der Waals surface area contributed by atoms with Gasteiger partial charge in [0.05, 0.1) is 54.0 Å². The fourth-order valence-electron chi connectivity index (χ4n) is 9.91. The van der Waals surface area contributed by atoms with Gasteiger partial charge >= 0.3 is 18.0 Å². The van der Waals surface area contributed by atoms with E-state index in [2.05, 4.69) is 5.32 Å². The fourth-order valence-corrected chi connectivity index (χ4v) is 11.2. The number of rotatable bonds is 12. The number of carbonyl (C=O) groups excluding carboxylic acids is 8. The topological polar surface area (TPSA) is 228 Å². The van der Waals surface area contributed by atoms with E-state index in [9.17, 15) is 43.5 Å². The zero-order valence-corrected chi connectivity index (χ0v) is 41.6. The summed E-state index contributed by atoms with van der Waals surface area (Å²) in [7, 11) is 1.62. The van der Waals surface area contributed by atoms with Crippen molar-refractivity contribution in [1.82, 2.24) is 15.3 Å². The number of aliphatic hydroxyl groups is 1. The number of alkyl carbamates (subject to hydrolysis) is 1. The smallest absolute Gasteiger partial charge is 0.409 e. The molecule has 0 spiro atoms. The third-order valence-corrected chi connectivity index (χ3v) is 16.0. The molecule has 2 N–H and O–H groups in total. The molecular formula is C49H63ClN4O14S. The lowest BCUT2D eigenvalue weighted by Gasteiger charge is -2.41. The maximum atomic E-state index is 14.1. The summed E-state index contributed by atoms with van der Waals surface area (Å²) in [6.45, 7) is 9.63. The van der Waals surface area contributed by atoms with Gasteiger partial charge in [-0.15, -0.1) is 16.8 Å². The second-order valence-electron chi connectivity index (χ2n) is 19.5. The minimum atomic E-state index is -1.62. The van der Waals surface area contributed by atoms with Crippen LogP contribution < -0.4 is 10.2 Å². The number of hydrogen-bond acceptors (Lipinski definition) is 15. The standard InChI is InChI=1S/C49H63ClN4O14S/c1-27-8-7-9-29(3)49(63)25-35(65-47(62)51-49)30(4)44-48(5,67-44)37(24-40(57)52(6)34-22-32(20-27)21-28(2)43(34)50)66-42(59)16-17-64-18-19-69-36-23-41(58)53(45(36)60)26-31-10-12-33(13-11-31)46(61)68-54-38(55)14-15-39(54)56/h7-9,21-22,29-31,33,35-37,44,63H,10-20,23-26H2,1-6H3,(H,51,62)/b9-7+,27-8+/t29-,30-,31?,33?,35+,36?,37+,44+,48+,49+/m1/s1. The first-order chi connectivity index (χ1) is 32.7. The summed E-state index contributed by atoms with van der Waals surface area (Å²) in [5, 5.41) is 14.7. The van der Waals surface area contributed by atoms with Crippen LogP contribution in [0.15, 0.2) is 35.9 Å². The van der Waals surface area contributed by atoms with E-state index < -0.39 is 82.5 Å². The molecule has 376 valence electrons. The first kappa shape index (κ1) is 52.0. The number of ether oxygens (including phenoxy) is 4. The van der Waals surface area contributed by atoms with E-state index in [4.69, 9.17) is 35.4 Å². The Hall–Kier alpha value is -4.82.